The number of aliphatic hydroxyl groups excluding tert-OH is 3. The van der Waals surface area contributed by atoms with Gasteiger partial charge in [-0.2, -0.15) is 15.0 Å². The Hall–Kier alpha value is -1.83. The van der Waals surface area contributed by atoms with Gasteiger partial charge in [0.25, 0.3) is 0 Å². The molecule has 0 radical (unpaired) electrons. The molecule has 12 heteroatoms. The van der Waals surface area contributed by atoms with Crippen molar-refractivity contribution in [1.82, 2.24) is 29.7 Å². The summed E-state index contributed by atoms with van der Waals surface area (Å²) < 4.78 is 0. The molecule has 3 N–H and O–H groups in total. The van der Waals surface area contributed by atoms with Crippen molar-refractivity contribution in [1.29, 1.82) is 0 Å². The van der Waals surface area contributed by atoms with Crippen molar-refractivity contribution in [3.8, 4) is 0 Å². The standard InChI is InChI=1S/C21H45N9O3/c1-25(2)7-10-28(13-16-31)19-22-20(29(14-17-32)11-8-26(3)4)24-21(23-19)30(15-18-33)12-9-27(5)6/h31-33H,7-18H2,1-6H3. The van der Waals surface area contributed by atoms with Crippen LogP contribution in [0.1, 0.15) is 0 Å². The quantitative estimate of drug-likeness (QED) is 0.219. The monoisotopic (exact) mass is 471 g/mol. The minimum atomic E-state index is -0.0221. The third-order valence-electron chi connectivity index (χ3n) is 5.01. The molecular weight excluding hydrogens is 426 g/mol. The summed E-state index contributed by atoms with van der Waals surface area (Å²) in [5.74, 6) is 1.43. The molecule has 33 heavy (non-hydrogen) atoms. The van der Waals surface area contributed by atoms with Gasteiger partial charge in [0.1, 0.15) is 0 Å². The third-order valence-corrected chi connectivity index (χ3v) is 5.01. The van der Waals surface area contributed by atoms with Gasteiger partial charge in [-0.25, -0.2) is 0 Å². The van der Waals surface area contributed by atoms with E-state index in [0.717, 1.165) is 19.6 Å². The molecule has 0 aromatic carbocycles. The van der Waals surface area contributed by atoms with E-state index in [1.807, 2.05) is 57.0 Å². The highest BCUT2D eigenvalue weighted by Crippen LogP contribution is 2.19. The molecule has 0 bridgehead atoms. The van der Waals surface area contributed by atoms with Gasteiger partial charge < -0.3 is 44.7 Å². The van der Waals surface area contributed by atoms with Gasteiger partial charge in [0.2, 0.25) is 17.8 Å². The predicted octanol–water partition coefficient (Wildman–Crippen LogP) is -2.05. The molecule has 0 unspecified atom stereocenters. The van der Waals surface area contributed by atoms with Crippen molar-refractivity contribution < 1.29 is 15.3 Å². The maximum Gasteiger partial charge on any atom is 0.232 e. The Bertz CT molecular complexity index is 551. The number of likely N-dealkylation sites (N-methyl/N-ethyl adjacent to an activating group) is 3. The van der Waals surface area contributed by atoms with Gasteiger partial charge >= 0.3 is 0 Å². The van der Waals surface area contributed by atoms with Crippen LogP contribution in [-0.4, -0.2) is 166 Å². The number of aliphatic hydroxyl groups is 3. The van der Waals surface area contributed by atoms with E-state index in [1.54, 1.807) is 0 Å². The molecule has 192 valence electrons. The summed E-state index contributed by atoms with van der Waals surface area (Å²) in [4.78, 5) is 26.2. The van der Waals surface area contributed by atoms with E-state index in [-0.39, 0.29) is 19.8 Å². The van der Waals surface area contributed by atoms with Gasteiger partial charge in [0.05, 0.1) is 19.8 Å². The Kier molecular flexibility index (Phi) is 14.1. The normalized spacial score (nSPS) is 11.6. The fourth-order valence-electron chi connectivity index (χ4n) is 3.03. The minimum Gasteiger partial charge on any atom is -0.395 e. The van der Waals surface area contributed by atoms with Crippen LogP contribution in [0.15, 0.2) is 0 Å². The van der Waals surface area contributed by atoms with Gasteiger partial charge in [-0.3, -0.25) is 0 Å². The molecule has 1 aromatic rings. The number of aromatic nitrogens is 3. The van der Waals surface area contributed by atoms with E-state index < -0.39 is 0 Å². The largest absolute Gasteiger partial charge is 0.395 e. The molecule has 0 saturated carbocycles. The maximum absolute atomic E-state index is 9.65. The van der Waals surface area contributed by atoms with Crippen LogP contribution in [0.5, 0.6) is 0 Å². The van der Waals surface area contributed by atoms with Crippen molar-refractivity contribution >= 4 is 17.8 Å². The lowest BCUT2D eigenvalue weighted by molar-refractivity contribution is 0.296. The second-order valence-electron chi connectivity index (χ2n) is 8.78. The van der Waals surface area contributed by atoms with E-state index in [4.69, 9.17) is 15.0 Å². The molecule has 0 aliphatic heterocycles. The number of nitrogens with zero attached hydrogens (tertiary/aromatic N) is 9. The summed E-state index contributed by atoms with van der Waals surface area (Å²) in [5, 5.41) is 29.0. The van der Waals surface area contributed by atoms with Crippen LogP contribution in [-0.2, 0) is 0 Å². The van der Waals surface area contributed by atoms with Crippen LogP contribution < -0.4 is 14.7 Å². The summed E-state index contributed by atoms with van der Waals surface area (Å²) in [6, 6.07) is 0. The number of rotatable bonds is 18. The second kappa shape index (κ2) is 15.9. The van der Waals surface area contributed by atoms with Crippen molar-refractivity contribution in [3.05, 3.63) is 0 Å². The molecule has 0 aliphatic carbocycles. The summed E-state index contributed by atoms with van der Waals surface area (Å²) in [7, 11) is 12.0. The van der Waals surface area contributed by atoms with Gasteiger partial charge in [0.15, 0.2) is 0 Å². The summed E-state index contributed by atoms with van der Waals surface area (Å²) in [6.07, 6.45) is 0. The molecule has 12 nitrogen and oxygen atoms in total. The number of hydrogen-bond donors (Lipinski definition) is 3. The van der Waals surface area contributed by atoms with E-state index in [2.05, 4.69) is 14.7 Å². The molecule has 0 spiro atoms. The topological polar surface area (TPSA) is 119 Å². The summed E-state index contributed by atoms with van der Waals surface area (Å²) in [5.41, 5.74) is 0. The first-order valence-corrected chi connectivity index (χ1v) is 11.5. The highest BCUT2D eigenvalue weighted by molar-refractivity contribution is 5.47. The Morgan fingerprint density at radius 1 is 0.424 bits per heavy atom. The third kappa shape index (κ3) is 11.2. The van der Waals surface area contributed by atoms with Gasteiger partial charge in [-0.15, -0.1) is 0 Å². The Morgan fingerprint density at radius 2 is 0.667 bits per heavy atom. The number of hydrogen-bond acceptors (Lipinski definition) is 12. The average Bonchev–Trinajstić information content (AvgIpc) is 2.76. The molecule has 0 amide bonds. The van der Waals surface area contributed by atoms with Crippen LogP contribution in [0.25, 0.3) is 0 Å². The van der Waals surface area contributed by atoms with Crippen molar-refractivity contribution in [2.24, 2.45) is 0 Å². The lowest BCUT2D eigenvalue weighted by Gasteiger charge is -2.30. The Morgan fingerprint density at radius 3 is 0.848 bits per heavy atom. The fourth-order valence-corrected chi connectivity index (χ4v) is 3.03. The SMILES string of the molecule is CN(C)CCN(CCO)c1nc(N(CCO)CCN(C)C)nc(N(CCO)CCN(C)C)n1. The van der Waals surface area contributed by atoms with Gasteiger partial charge in [0, 0.05) is 58.9 Å². The van der Waals surface area contributed by atoms with Gasteiger partial charge in [-0.1, -0.05) is 0 Å². The Labute approximate surface area is 199 Å². The van der Waals surface area contributed by atoms with Crippen LogP contribution in [0.4, 0.5) is 17.8 Å². The number of anilines is 3. The van der Waals surface area contributed by atoms with E-state index in [9.17, 15) is 15.3 Å². The van der Waals surface area contributed by atoms with Gasteiger partial charge in [-0.05, 0) is 42.3 Å². The average molecular weight is 472 g/mol. The van der Waals surface area contributed by atoms with Crippen LogP contribution in [0.3, 0.4) is 0 Å². The molecule has 0 saturated heterocycles. The molecule has 0 atom stereocenters. The lowest BCUT2D eigenvalue weighted by atomic mass is 10.4. The van der Waals surface area contributed by atoms with Crippen molar-refractivity contribution in [2.75, 3.05) is 136 Å². The zero-order chi connectivity index (χ0) is 24.8. The highest BCUT2D eigenvalue weighted by atomic mass is 16.3. The van der Waals surface area contributed by atoms with Crippen molar-refractivity contribution in [3.63, 3.8) is 0 Å². The maximum atomic E-state index is 9.65. The predicted molar refractivity (Wildman–Crippen MR) is 133 cm³/mol. The Balaban J connectivity index is 3.44. The first-order chi connectivity index (χ1) is 15.7. The van der Waals surface area contributed by atoms with E-state index in [0.29, 0.717) is 57.1 Å². The van der Waals surface area contributed by atoms with E-state index >= 15 is 0 Å². The van der Waals surface area contributed by atoms with Crippen LogP contribution >= 0.6 is 0 Å². The first-order valence-electron chi connectivity index (χ1n) is 11.5. The summed E-state index contributed by atoms with van der Waals surface area (Å²) >= 11 is 0. The molecule has 0 fully saturated rings. The fraction of sp³-hybridized carbons (Fsp3) is 0.857. The molecule has 1 aromatic heterocycles. The first kappa shape index (κ1) is 29.2. The molecule has 0 aliphatic rings. The van der Waals surface area contributed by atoms with Crippen LogP contribution in [0.2, 0.25) is 0 Å². The summed E-state index contributed by atoms with van der Waals surface area (Å²) in [6.45, 7) is 5.38. The van der Waals surface area contributed by atoms with Crippen LogP contribution in [0, 0.1) is 0 Å². The molecule has 1 rings (SSSR count). The smallest absolute Gasteiger partial charge is 0.232 e. The molecule has 1 heterocycles. The minimum absolute atomic E-state index is 0.0221. The second-order valence-corrected chi connectivity index (χ2v) is 8.78. The lowest BCUT2D eigenvalue weighted by Crippen LogP contribution is -2.39. The zero-order valence-corrected chi connectivity index (χ0v) is 21.4. The zero-order valence-electron chi connectivity index (χ0n) is 21.4. The van der Waals surface area contributed by atoms with Crippen molar-refractivity contribution in [2.45, 2.75) is 0 Å². The highest BCUT2D eigenvalue weighted by Gasteiger charge is 2.20. The molecular formula is C21H45N9O3. The van der Waals surface area contributed by atoms with E-state index in [1.165, 1.54) is 0 Å².